The molecule has 3 aromatic heterocycles. The second kappa shape index (κ2) is 13.8. The Labute approximate surface area is 361 Å². The predicted octanol–water partition coefficient (Wildman–Crippen LogP) is 16.1. The number of hydrogen-bond donors (Lipinski definition) is 0. The molecule has 3 heterocycles. The zero-order chi connectivity index (χ0) is 40.7. The van der Waals surface area contributed by atoms with Crippen LogP contribution >= 0.6 is 11.3 Å². The zero-order valence-corrected chi connectivity index (χ0v) is 34.3. The van der Waals surface area contributed by atoms with E-state index >= 15 is 0 Å². The van der Waals surface area contributed by atoms with Gasteiger partial charge in [0.25, 0.3) is 0 Å². The maximum atomic E-state index is 5.46. The van der Waals surface area contributed by atoms with E-state index in [1.807, 2.05) is 11.3 Å². The molecular weight excluding hydrogens is 771 g/mol. The van der Waals surface area contributed by atoms with Gasteiger partial charge in [-0.2, -0.15) is 0 Å². The van der Waals surface area contributed by atoms with Crippen molar-refractivity contribution in [1.82, 2.24) is 14.5 Å². The van der Waals surface area contributed by atoms with Gasteiger partial charge in [-0.1, -0.05) is 152 Å². The van der Waals surface area contributed by atoms with Gasteiger partial charge in [0.1, 0.15) is 0 Å². The molecule has 4 heteroatoms. The van der Waals surface area contributed by atoms with E-state index in [0.29, 0.717) is 5.82 Å². The minimum Gasteiger partial charge on any atom is -0.309 e. The maximum absolute atomic E-state index is 5.46. The van der Waals surface area contributed by atoms with E-state index in [0.717, 1.165) is 55.9 Å². The van der Waals surface area contributed by atoms with E-state index in [1.54, 1.807) is 0 Å². The van der Waals surface area contributed by atoms with Crippen LogP contribution in [0.4, 0.5) is 0 Å². The molecule has 0 saturated carbocycles. The van der Waals surface area contributed by atoms with Crippen LogP contribution in [0.3, 0.4) is 0 Å². The van der Waals surface area contributed by atoms with Gasteiger partial charge in [0, 0.05) is 53.3 Å². The van der Waals surface area contributed by atoms with Crippen molar-refractivity contribution in [2.45, 2.75) is 0 Å². The summed E-state index contributed by atoms with van der Waals surface area (Å²) in [7, 11) is 0. The van der Waals surface area contributed by atoms with Crippen LogP contribution in [0, 0.1) is 0 Å². The molecule has 0 aliphatic rings. The van der Waals surface area contributed by atoms with Crippen molar-refractivity contribution in [2.24, 2.45) is 0 Å². The van der Waals surface area contributed by atoms with Crippen LogP contribution in [-0.2, 0) is 0 Å². The van der Waals surface area contributed by atoms with Crippen molar-refractivity contribution in [3.63, 3.8) is 0 Å². The largest absolute Gasteiger partial charge is 0.309 e. The number of thiophene rings is 1. The first kappa shape index (κ1) is 34.9. The lowest BCUT2D eigenvalue weighted by Gasteiger charge is -2.16. The molecule has 0 aliphatic carbocycles. The lowest BCUT2D eigenvalue weighted by molar-refractivity contribution is 1.16. The van der Waals surface area contributed by atoms with Crippen molar-refractivity contribution in [3.05, 3.63) is 212 Å². The third-order valence-electron chi connectivity index (χ3n) is 12.6. The molecular formula is C58H35N3S. The summed E-state index contributed by atoms with van der Waals surface area (Å²) < 4.78 is 4.96. The Morgan fingerprint density at radius 3 is 1.48 bits per heavy atom. The summed E-state index contributed by atoms with van der Waals surface area (Å²) in [4.78, 5) is 10.9. The van der Waals surface area contributed by atoms with Crippen molar-refractivity contribution in [3.8, 4) is 50.7 Å². The van der Waals surface area contributed by atoms with Crippen LogP contribution in [0.15, 0.2) is 212 Å². The molecule has 0 unspecified atom stereocenters. The predicted molar refractivity (Wildman–Crippen MR) is 264 cm³/mol. The van der Waals surface area contributed by atoms with Crippen LogP contribution < -0.4 is 0 Å². The average Bonchev–Trinajstić information content (AvgIpc) is 3.89. The topological polar surface area (TPSA) is 30.7 Å². The summed E-state index contributed by atoms with van der Waals surface area (Å²) in [5, 5.41) is 12.5. The summed E-state index contributed by atoms with van der Waals surface area (Å²) in [5.74, 6) is 0.678. The SMILES string of the molecule is c1ccc(-c2cc(-c3ccc4sc5ccccc5c4c3)nc(-c3cc(-c4ccc5c6ccccc6c6ccccc6c5c4)cc(-n4c5ccccc5c5ccccc54)c3)n2)cc1. The quantitative estimate of drug-likeness (QED) is 0.162. The second-order valence-corrected chi connectivity index (χ2v) is 17.2. The Morgan fingerprint density at radius 2 is 0.790 bits per heavy atom. The van der Waals surface area contributed by atoms with Gasteiger partial charge in [-0.25, -0.2) is 9.97 Å². The van der Waals surface area contributed by atoms with Crippen molar-refractivity contribution < 1.29 is 0 Å². The number of rotatable bonds is 5. The highest BCUT2D eigenvalue weighted by atomic mass is 32.1. The van der Waals surface area contributed by atoms with E-state index in [2.05, 4.69) is 217 Å². The highest BCUT2D eigenvalue weighted by Gasteiger charge is 2.18. The van der Waals surface area contributed by atoms with Crippen LogP contribution in [-0.4, -0.2) is 14.5 Å². The van der Waals surface area contributed by atoms with Crippen LogP contribution in [0.1, 0.15) is 0 Å². The molecule has 0 aliphatic heterocycles. The molecule has 62 heavy (non-hydrogen) atoms. The standard InChI is InChI=1S/C58H35N3S/c1-2-14-36(15-3-1)52-35-53(38-27-29-57-51(34-38)49-22-10-13-25-56(49)62-57)60-58(59-52)40-30-39(31-41(32-40)61-54-23-11-8-20-47(54)48-21-9-12-24-55(48)61)37-26-28-46-44-18-5-4-16-42(44)43-17-6-7-19-45(43)50(46)33-37/h1-35H. The van der Waals surface area contributed by atoms with Gasteiger partial charge in [0.05, 0.1) is 22.4 Å². The summed E-state index contributed by atoms with van der Waals surface area (Å²) in [6.45, 7) is 0. The summed E-state index contributed by atoms with van der Waals surface area (Å²) >= 11 is 1.83. The number of aromatic nitrogens is 3. The monoisotopic (exact) mass is 805 g/mol. The van der Waals surface area contributed by atoms with E-state index in [1.165, 1.54) is 63.3 Å². The lowest BCUT2D eigenvalue weighted by Crippen LogP contribution is -1.99. The van der Waals surface area contributed by atoms with Crippen LogP contribution in [0.2, 0.25) is 0 Å². The molecule has 0 spiro atoms. The first-order valence-electron chi connectivity index (χ1n) is 21.1. The number of fused-ring (bicyclic) bond motifs is 12. The molecule has 0 radical (unpaired) electrons. The minimum atomic E-state index is 0.678. The number of nitrogens with zero attached hydrogens (tertiary/aromatic N) is 3. The Hall–Kier alpha value is -7.92. The van der Waals surface area contributed by atoms with Gasteiger partial charge >= 0.3 is 0 Å². The molecule has 0 N–H and O–H groups in total. The fraction of sp³-hybridized carbons (Fsp3) is 0. The Bertz CT molecular complexity index is 3840. The van der Waals surface area contributed by atoms with Gasteiger partial charge in [-0.3, -0.25) is 0 Å². The Balaban J connectivity index is 1.09. The maximum Gasteiger partial charge on any atom is 0.160 e. The van der Waals surface area contributed by atoms with Crippen LogP contribution in [0.25, 0.3) is 125 Å². The third-order valence-corrected chi connectivity index (χ3v) is 13.7. The summed E-state index contributed by atoms with van der Waals surface area (Å²) in [6, 6.07) is 76.9. The number of para-hydroxylation sites is 2. The first-order valence-corrected chi connectivity index (χ1v) is 21.9. The molecule has 0 fully saturated rings. The fourth-order valence-electron chi connectivity index (χ4n) is 9.69. The fourth-order valence-corrected chi connectivity index (χ4v) is 10.8. The molecule has 10 aromatic carbocycles. The smallest absolute Gasteiger partial charge is 0.160 e. The molecule has 3 nitrogen and oxygen atoms in total. The van der Waals surface area contributed by atoms with Gasteiger partial charge in [-0.05, 0) is 104 Å². The lowest BCUT2D eigenvalue weighted by atomic mass is 9.91. The molecule has 13 aromatic rings. The van der Waals surface area contributed by atoms with Crippen molar-refractivity contribution in [2.75, 3.05) is 0 Å². The Morgan fingerprint density at radius 1 is 0.290 bits per heavy atom. The highest BCUT2D eigenvalue weighted by Crippen LogP contribution is 2.41. The number of benzene rings is 10. The van der Waals surface area contributed by atoms with E-state index in [-0.39, 0.29) is 0 Å². The van der Waals surface area contributed by atoms with Crippen molar-refractivity contribution in [1.29, 1.82) is 0 Å². The normalized spacial score (nSPS) is 11.9. The van der Waals surface area contributed by atoms with E-state index in [4.69, 9.17) is 9.97 Å². The average molecular weight is 806 g/mol. The second-order valence-electron chi connectivity index (χ2n) is 16.1. The first-order chi connectivity index (χ1) is 30.7. The summed E-state index contributed by atoms with van der Waals surface area (Å²) in [6.07, 6.45) is 0. The Kier molecular flexibility index (Phi) is 7.78. The molecule has 13 rings (SSSR count). The van der Waals surface area contributed by atoms with E-state index < -0.39 is 0 Å². The summed E-state index contributed by atoms with van der Waals surface area (Å²) in [5.41, 5.74) is 10.4. The molecule has 0 bridgehead atoms. The zero-order valence-electron chi connectivity index (χ0n) is 33.5. The number of hydrogen-bond acceptors (Lipinski definition) is 3. The molecule has 0 amide bonds. The van der Waals surface area contributed by atoms with Gasteiger partial charge < -0.3 is 4.57 Å². The van der Waals surface area contributed by atoms with Crippen molar-refractivity contribution >= 4 is 85.6 Å². The molecule has 288 valence electrons. The van der Waals surface area contributed by atoms with Gasteiger partial charge in [0.2, 0.25) is 0 Å². The van der Waals surface area contributed by atoms with Gasteiger partial charge in [-0.15, -0.1) is 11.3 Å². The van der Waals surface area contributed by atoms with Gasteiger partial charge in [0.15, 0.2) is 5.82 Å². The van der Waals surface area contributed by atoms with E-state index in [9.17, 15) is 0 Å². The highest BCUT2D eigenvalue weighted by molar-refractivity contribution is 7.25. The third kappa shape index (κ3) is 5.51. The van der Waals surface area contributed by atoms with Crippen LogP contribution in [0.5, 0.6) is 0 Å². The molecule has 0 saturated heterocycles. The molecule has 0 atom stereocenters. The minimum absolute atomic E-state index is 0.678.